The van der Waals surface area contributed by atoms with Crippen molar-refractivity contribution in [3.05, 3.63) is 64.9 Å². The summed E-state index contributed by atoms with van der Waals surface area (Å²) < 4.78 is 13.0. The molecule has 5 rings (SSSR count). The fraction of sp³-hybridized carbons (Fsp3) is 0.370. The summed E-state index contributed by atoms with van der Waals surface area (Å²) in [6.45, 7) is 6.53. The van der Waals surface area contributed by atoms with Crippen LogP contribution in [-0.4, -0.2) is 49.4 Å². The van der Waals surface area contributed by atoms with E-state index in [4.69, 9.17) is 21.1 Å². The third-order valence-electron chi connectivity index (χ3n) is 7.33. The van der Waals surface area contributed by atoms with E-state index in [-0.39, 0.29) is 11.6 Å². The van der Waals surface area contributed by atoms with E-state index in [0.717, 1.165) is 19.4 Å². The molecular formula is C27H31ClN4O3. The van der Waals surface area contributed by atoms with Crippen molar-refractivity contribution in [2.45, 2.75) is 32.2 Å². The van der Waals surface area contributed by atoms with Crippen LogP contribution < -0.4 is 19.7 Å². The zero-order valence-electron chi connectivity index (χ0n) is 20.6. The number of aromatic nitrogens is 1. The number of benzene rings is 2. The van der Waals surface area contributed by atoms with Crippen LogP contribution in [0.2, 0.25) is 5.02 Å². The Kier molecular flexibility index (Phi) is 6.05. The third kappa shape index (κ3) is 3.78. The normalized spacial score (nSPS) is 16.0. The molecule has 2 aromatic carbocycles. The number of ether oxygens (including phenoxy) is 2. The first kappa shape index (κ1) is 23.4. The number of likely N-dealkylation sites (tertiary alicyclic amines) is 1. The second-order valence-electron chi connectivity index (χ2n) is 9.14. The van der Waals surface area contributed by atoms with Crippen molar-refractivity contribution in [1.82, 2.24) is 9.47 Å². The monoisotopic (exact) mass is 494 g/mol. The minimum absolute atomic E-state index is 0.156. The minimum atomic E-state index is -0.162. The van der Waals surface area contributed by atoms with Crippen molar-refractivity contribution < 1.29 is 14.3 Å². The number of aryl methyl sites for hydroxylation is 1. The number of hydrogen-bond donors (Lipinski definition) is 1. The van der Waals surface area contributed by atoms with Gasteiger partial charge in [0.15, 0.2) is 0 Å². The highest BCUT2D eigenvalue weighted by atomic mass is 35.5. The van der Waals surface area contributed by atoms with Gasteiger partial charge in [0, 0.05) is 37.6 Å². The van der Waals surface area contributed by atoms with E-state index in [0.29, 0.717) is 35.3 Å². The zero-order chi connectivity index (χ0) is 24.7. The number of rotatable bonds is 4. The average molecular weight is 495 g/mol. The number of fused-ring (bicyclic) bond motifs is 4. The van der Waals surface area contributed by atoms with Gasteiger partial charge < -0.3 is 29.2 Å². The maximum absolute atomic E-state index is 13.2. The molecule has 2 aliphatic heterocycles. The molecule has 0 saturated carbocycles. The van der Waals surface area contributed by atoms with E-state index < -0.39 is 0 Å². The van der Waals surface area contributed by atoms with Crippen LogP contribution in [0.25, 0.3) is 5.69 Å². The lowest BCUT2D eigenvalue weighted by atomic mass is 9.80. The van der Waals surface area contributed by atoms with Crippen LogP contribution in [0.15, 0.2) is 48.7 Å². The molecular weight excluding hydrogens is 464 g/mol. The van der Waals surface area contributed by atoms with Crippen LogP contribution in [0.4, 0.5) is 16.2 Å². The van der Waals surface area contributed by atoms with E-state index in [1.165, 1.54) is 22.6 Å². The van der Waals surface area contributed by atoms with Gasteiger partial charge in [0.25, 0.3) is 0 Å². The second-order valence-corrected chi connectivity index (χ2v) is 9.54. The van der Waals surface area contributed by atoms with Gasteiger partial charge in [0.05, 0.1) is 41.8 Å². The van der Waals surface area contributed by atoms with E-state index in [1.807, 2.05) is 4.90 Å². The summed E-state index contributed by atoms with van der Waals surface area (Å²) in [4.78, 5) is 17.6. The lowest BCUT2D eigenvalue weighted by Crippen LogP contribution is -2.57. The SMILES string of the molecule is CCN1c2cc(C)ccc2-n2cccc2C12CCN(C(=O)Nc1cc(Cl)c(OC)cc1OC)CC2. The Bertz CT molecular complexity index is 1260. The Hall–Kier alpha value is -3.32. The van der Waals surface area contributed by atoms with Crippen molar-refractivity contribution in [1.29, 1.82) is 0 Å². The maximum atomic E-state index is 13.2. The van der Waals surface area contributed by atoms with Crippen molar-refractivity contribution >= 4 is 29.0 Å². The first-order valence-electron chi connectivity index (χ1n) is 12.0. The fourth-order valence-corrected chi connectivity index (χ4v) is 5.86. The van der Waals surface area contributed by atoms with E-state index in [1.54, 1.807) is 26.4 Å². The summed E-state index contributed by atoms with van der Waals surface area (Å²) >= 11 is 6.29. The molecule has 1 spiro atoms. The summed E-state index contributed by atoms with van der Waals surface area (Å²) in [6, 6.07) is 14.2. The average Bonchev–Trinajstić information content (AvgIpc) is 3.36. The second kappa shape index (κ2) is 9.04. The van der Waals surface area contributed by atoms with Crippen LogP contribution in [0.5, 0.6) is 11.5 Å². The standard InChI is InChI=1S/C27H31ClN4O3/c1-5-32-22-15-18(2)8-9-21(22)31-12-6-7-25(31)27(32)10-13-30(14-11-27)26(33)29-20-16-19(28)23(34-3)17-24(20)35-4/h6-9,12,15-17H,5,10-11,13-14H2,1-4H3,(H,29,33). The quantitative estimate of drug-likeness (QED) is 0.496. The van der Waals surface area contributed by atoms with Crippen LogP contribution in [0.3, 0.4) is 0 Å². The number of methoxy groups -OCH3 is 2. The van der Waals surface area contributed by atoms with Crippen LogP contribution >= 0.6 is 11.6 Å². The lowest BCUT2D eigenvalue weighted by molar-refractivity contribution is 0.160. The molecule has 2 aliphatic rings. The molecule has 3 heterocycles. The lowest BCUT2D eigenvalue weighted by Gasteiger charge is -2.53. The topological polar surface area (TPSA) is 59.0 Å². The van der Waals surface area contributed by atoms with Gasteiger partial charge in [-0.1, -0.05) is 17.7 Å². The van der Waals surface area contributed by atoms with Crippen LogP contribution in [0, 0.1) is 6.92 Å². The smallest absolute Gasteiger partial charge is 0.321 e. The zero-order valence-corrected chi connectivity index (χ0v) is 21.4. The molecule has 1 fully saturated rings. The summed E-state index contributed by atoms with van der Waals surface area (Å²) in [5.74, 6) is 0.999. The predicted octanol–water partition coefficient (Wildman–Crippen LogP) is 5.82. The van der Waals surface area contributed by atoms with Gasteiger partial charge in [-0.15, -0.1) is 0 Å². The Morgan fingerprint density at radius 2 is 1.80 bits per heavy atom. The number of carbonyl (C=O) groups excluding carboxylic acids is 1. The largest absolute Gasteiger partial charge is 0.495 e. The Balaban J connectivity index is 1.39. The van der Waals surface area contributed by atoms with E-state index in [9.17, 15) is 4.79 Å². The molecule has 8 heteroatoms. The molecule has 2 amide bonds. The molecule has 1 aromatic heterocycles. The number of urea groups is 1. The predicted molar refractivity (Wildman–Crippen MR) is 140 cm³/mol. The van der Waals surface area contributed by atoms with Gasteiger partial charge in [-0.25, -0.2) is 4.79 Å². The molecule has 0 unspecified atom stereocenters. The molecule has 0 atom stereocenters. The summed E-state index contributed by atoms with van der Waals surface area (Å²) in [5, 5.41) is 3.39. The van der Waals surface area contributed by atoms with Gasteiger partial charge in [-0.05, 0) is 62.6 Å². The number of hydrogen-bond acceptors (Lipinski definition) is 4. The minimum Gasteiger partial charge on any atom is -0.495 e. The van der Waals surface area contributed by atoms with E-state index in [2.05, 4.69) is 65.2 Å². The number of carbonyl (C=O) groups is 1. The Morgan fingerprint density at radius 1 is 1.06 bits per heavy atom. The van der Waals surface area contributed by atoms with Crippen LogP contribution in [-0.2, 0) is 5.54 Å². The highest BCUT2D eigenvalue weighted by Crippen LogP contribution is 2.48. The number of amides is 2. The highest BCUT2D eigenvalue weighted by molar-refractivity contribution is 6.32. The summed E-state index contributed by atoms with van der Waals surface area (Å²) in [6.07, 6.45) is 3.83. The number of nitrogens with one attached hydrogen (secondary N) is 1. The van der Waals surface area contributed by atoms with Gasteiger partial charge in [-0.2, -0.15) is 0 Å². The molecule has 35 heavy (non-hydrogen) atoms. The number of halogens is 1. The van der Waals surface area contributed by atoms with Crippen molar-refractivity contribution in [2.24, 2.45) is 0 Å². The summed E-state index contributed by atoms with van der Waals surface area (Å²) in [5.41, 5.74) is 5.38. The highest BCUT2D eigenvalue weighted by Gasteiger charge is 2.47. The number of piperidine rings is 1. The van der Waals surface area contributed by atoms with Crippen molar-refractivity contribution in [3.8, 4) is 17.2 Å². The molecule has 0 bridgehead atoms. The molecule has 0 aliphatic carbocycles. The van der Waals surface area contributed by atoms with Crippen molar-refractivity contribution in [3.63, 3.8) is 0 Å². The molecule has 7 nitrogen and oxygen atoms in total. The number of anilines is 2. The van der Waals surface area contributed by atoms with Gasteiger partial charge in [0.2, 0.25) is 0 Å². The number of nitrogens with zero attached hydrogens (tertiary/aromatic N) is 3. The first-order valence-corrected chi connectivity index (χ1v) is 12.3. The molecule has 0 radical (unpaired) electrons. The van der Waals surface area contributed by atoms with Crippen LogP contribution in [0.1, 0.15) is 31.0 Å². The third-order valence-corrected chi connectivity index (χ3v) is 7.63. The van der Waals surface area contributed by atoms with Crippen molar-refractivity contribution in [2.75, 3.05) is 44.1 Å². The molecule has 3 aromatic rings. The molecule has 1 N–H and O–H groups in total. The van der Waals surface area contributed by atoms with Gasteiger partial charge >= 0.3 is 6.03 Å². The van der Waals surface area contributed by atoms with Gasteiger partial charge in [0.1, 0.15) is 11.5 Å². The Morgan fingerprint density at radius 3 is 2.49 bits per heavy atom. The fourth-order valence-electron chi connectivity index (χ4n) is 5.62. The first-order chi connectivity index (χ1) is 16.9. The summed E-state index contributed by atoms with van der Waals surface area (Å²) in [7, 11) is 3.10. The molecule has 184 valence electrons. The molecule has 1 saturated heterocycles. The van der Waals surface area contributed by atoms with E-state index >= 15 is 0 Å². The van der Waals surface area contributed by atoms with Gasteiger partial charge in [-0.3, -0.25) is 0 Å². The Labute approximate surface area is 211 Å². The maximum Gasteiger partial charge on any atom is 0.321 e.